The number of nitrogens with zero attached hydrogens (tertiary/aromatic N) is 2. The lowest BCUT2D eigenvalue weighted by Gasteiger charge is -2.20. The Morgan fingerprint density at radius 3 is 2.64 bits per heavy atom. The summed E-state index contributed by atoms with van der Waals surface area (Å²) in [6.07, 6.45) is 13.1. The monoisotopic (exact) mass is 373 g/mol. The highest BCUT2D eigenvalue weighted by atomic mass is 16.6. The number of allylic oxidation sites excluding steroid dienone is 4. The lowest BCUT2D eigenvalue weighted by molar-refractivity contribution is 0.233. The number of rotatable bonds is 5. The van der Waals surface area contributed by atoms with Crippen molar-refractivity contribution in [2.75, 3.05) is 24.3 Å². The fraction of sp³-hybridized carbons (Fsp3) is 0.174. The van der Waals surface area contributed by atoms with Crippen molar-refractivity contribution < 1.29 is 9.47 Å². The predicted molar refractivity (Wildman–Crippen MR) is 112 cm³/mol. The molecule has 1 aromatic heterocycles. The lowest BCUT2D eigenvalue weighted by Crippen LogP contribution is -2.11. The minimum absolute atomic E-state index is 0.514. The molecule has 2 heterocycles. The summed E-state index contributed by atoms with van der Waals surface area (Å²) in [5, 5.41) is 3.20. The zero-order valence-corrected chi connectivity index (χ0v) is 16.1. The molecule has 0 saturated carbocycles. The topological polar surface area (TPSA) is 46.6 Å². The maximum absolute atomic E-state index is 5.96. The fourth-order valence-electron chi connectivity index (χ4n) is 3.09. The molecule has 0 fully saturated rings. The van der Waals surface area contributed by atoms with E-state index in [0.717, 1.165) is 35.3 Å². The smallest absolute Gasteiger partial charge is 0.234 e. The zero-order valence-electron chi connectivity index (χ0n) is 16.1. The van der Waals surface area contributed by atoms with Crippen LogP contribution in [0.3, 0.4) is 0 Å². The van der Waals surface area contributed by atoms with Gasteiger partial charge in [0.1, 0.15) is 12.1 Å². The van der Waals surface area contributed by atoms with Crippen LogP contribution >= 0.6 is 0 Å². The Morgan fingerprint density at radius 2 is 1.89 bits per heavy atom. The molecule has 142 valence electrons. The van der Waals surface area contributed by atoms with E-state index in [4.69, 9.17) is 9.47 Å². The summed E-state index contributed by atoms with van der Waals surface area (Å²) in [7, 11) is 4.07. The molecule has 1 aliphatic carbocycles. The van der Waals surface area contributed by atoms with Gasteiger partial charge in [-0.3, -0.25) is 0 Å². The average molecular weight is 373 g/mol. The molecule has 0 spiro atoms. The molecular weight excluding hydrogens is 350 g/mol. The predicted octanol–water partition coefficient (Wildman–Crippen LogP) is 5.19. The Balaban J connectivity index is 1.47. The molecule has 4 rings (SSSR count). The first-order valence-electron chi connectivity index (χ1n) is 9.29. The van der Waals surface area contributed by atoms with Gasteiger partial charge >= 0.3 is 0 Å². The van der Waals surface area contributed by atoms with E-state index in [-0.39, 0.29) is 0 Å². The van der Waals surface area contributed by atoms with Gasteiger partial charge in [0, 0.05) is 26.0 Å². The third kappa shape index (κ3) is 4.09. The van der Waals surface area contributed by atoms with Crippen LogP contribution in [0.2, 0.25) is 0 Å². The molecule has 5 heteroatoms. The highest BCUT2D eigenvalue weighted by Crippen LogP contribution is 2.28. The fourth-order valence-corrected chi connectivity index (χ4v) is 3.09. The first kappa shape index (κ1) is 17.9. The highest BCUT2D eigenvalue weighted by molar-refractivity contribution is 5.68. The number of hydrogen-bond acceptors (Lipinski definition) is 5. The minimum Gasteiger partial charge on any atom is -0.463 e. The number of aromatic nitrogens is 1. The molecule has 0 saturated heterocycles. The van der Waals surface area contributed by atoms with E-state index in [2.05, 4.69) is 51.6 Å². The van der Waals surface area contributed by atoms with Crippen LogP contribution < -0.4 is 10.2 Å². The molecule has 2 aromatic rings. The van der Waals surface area contributed by atoms with Crippen molar-refractivity contribution in [3.8, 4) is 11.1 Å². The van der Waals surface area contributed by atoms with Gasteiger partial charge in [-0.15, -0.1) is 0 Å². The molecule has 0 unspecified atom stereocenters. The summed E-state index contributed by atoms with van der Waals surface area (Å²) in [5.41, 5.74) is 4.50. The quantitative estimate of drug-likeness (QED) is 0.781. The van der Waals surface area contributed by atoms with Gasteiger partial charge in [-0.2, -0.15) is 0 Å². The number of anilines is 2. The van der Waals surface area contributed by atoms with Crippen LogP contribution in [0.15, 0.2) is 90.6 Å². The van der Waals surface area contributed by atoms with Crippen LogP contribution in [0.4, 0.5) is 11.5 Å². The number of hydrogen-bond donors (Lipinski definition) is 1. The lowest BCUT2D eigenvalue weighted by atomic mass is 10.0. The van der Waals surface area contributed by atoms with Gasteiger partial charge < -0.3 is 19.7 Å². The number of benzene rings is 1. The van der Waals surface area contributed by atoms with Crippen LogP contribution in [-0.4, -0.2) is 19.1 Å². The first-order valence-corrected chi connectivity index (χ1v) is 9.29. The molecule has 5 nitrogen and oxygen atoms in total. The highest BCUT2D eigenvalue weighted by Gasteiger charge is 2.15. The van der Waals surface area contributed by atoms with E-state index in [1.165, 1.54) is 5.69 Å². The number of nitrogens with one attached hydrogen (secondary N) is 1. The van der Waals surface area contributed by atoms with E-state index in [0.29, 0.717) is 11.7 Å². The molecule has 0 radical (unpaired) electrons. The minimum atomic E-state index is 0.514. The summed E-state index contributed by atoms with van der Waals surface area (Å²) in [6.45, 7) is 0. The van der Waals surface area contributed by atoms with Gasteiger partial charge in [-0.1, -0.05) is 30.4 Å². The third-order valence-electron chi connectivity index (χ3n) is 4.63. The van der Waals surface area contributed by atoms with Gasteiger partial charge in [0.05, 0.1) is 0 Å². The van der Waals surface area contributed by atoms with Crippen molar-refractivity contribution in [1.82, 2.24) is 4.98 Å². The molecule has 0 atom stereocenters. The molecule has 28 heavy (non-hydrogen) atoms. The first-order chi connectivity index (χ1) is 13.7. The van der Waals surface area contributed by atoms with E-state index in [1.54, 1.807) is 18.7 Å². The summed E-state index contributed by atoms with van der Waals surface area (Å²) >= 11 is 0. The molecule has 0 bridgehead atoms. The van der Waals surface area contributed by atoms with Gasteiger partial charge in [0.2, 0.25) is 5.88 Å². The van der Waals surface area contributed by atoms with Gasteiger partial charge in [-0.25, -0.2) is 4.98 Å². The van der Waals surface area contributed by atoms with E-state index in [1.807, 2.05) is 32.3 Å². The van der Waals surface area contributed by atoms with Crippen molar-refractivity contribution in [1.29, 1.82) is 0 Å². The maximum Gasteiger partial charge on any atom is 0.234 e. The Kier molecular flexibility index (Phi) is 5.15. The maximum atomic E-state index is 5.96. The second kappa shape index (κ2) is 8.05. The number of ether oxygens (including phenoxy) is 2. The Morgan fingerprint density at radius 1 is 1.04 bits per heavy atom. The molecule has 1 aliphatic heterocycles. The van der Waals surface area contributed by atoms with Gasteiger partial charge in [0.15, 0.2) is 12.0 Å². The van der Waals surface area contributed by atoms with E-state index >= 15 is 0 Å². The van der Waals surface area contributed by atoms with Crippen molar-refractivity contribution in [3.63, 3.8) is 0 Å². The normalized spacial score (nSPS) is 15.6. The Labute approximate surface area is 165 Å². The summed E-state index contributed by atoms with van der Waals surface area (Å²) in [5.74, 6) is 1.94. The van der Waals surface area contributed by atoms with Crippen molar-refractivity contribution in [2.45, 2.75) is 12.8 Å². The summed E-state index contributed by atoms with van der Waals surface area (Å²) in [4.78, 5) is 6.48. The SMILES string of the molecule is CN(C)c1ccc(-c2ccnc(NC3=COC=C(C4=CC=CCC4)O3)c2)cc1. The zero-order chi connectivity index (χ0) is 19.3. The molecule has 0 amide bonds. The van der Waals surface area contributed by atoms with Crippen molar-refractivity contribution in [3.05, 3.63) is 90.6 Å². The van der Waals surface area contributed by atoms with E-state index < -0.39 is 0 Å². The van der Waals surface area contributed by atoms with Crippen LogP contribution in [0.5, 0.6) is 0 Å². The van der Waals surface area contributed by atoms with Crippen molar-refractivity contribution in [2.24, 2.45) is 0 Å². The number of pyridine rings is 1. The average Bonchev–Trinajstić information content (AvgIpc) is 2.75. The standard InChI is InChI=1S/C23H23N3O2/c1-26(2)20-10-8-17(9-11-20)19-12-13-24-22(14-19)25-23-16-27-15-21(28-23)18-6-4-3-5-7-18/h3-4,6,8-16H,5,7H2,1-2H3,(H,24,25). The molecule has 1 aromatic carbocycles. The van der Waals surface area contributed by atoms with Crippen LogP contribution in [0.25, 0.3) is 11.1 Å². The summed E-state index contributed by atoms with van der Waals surface area (Å²) < 4.78 is 11.4. The third-order valence-corrected chi connectivity index (χ3v) is 4.63. The second-order valence-corrected chi connectivity index (χ2v) is 6.86. The molecule has 1 N–H and O–H groups in total. The van der Waals surface area contributed by atoms with Crippen LogP contribution in [0, 0.1) is 0 Å². The Hall–Kier alpha value is -3.47. The second-order valence-electron chi connectivity index (χ2n) is 6.86. The van der Waals surface area contributed by atoms with Crippen LogP contribution in [0.1, 0.15) is 12.8 Å². The summed E-state index contributed by atoms with van der Waals surface area (Å²) in [6, 6.07) is 12.4. The largest absolute Gasteiger partial charge is 0.463 e. The van der Waals surface area contributed by atoms with Crippen LogP contribution in [-0.2, 0) is 9.47 Å². The van der Waals surface area contributed by atoms with Crippen molar-refractivity contribution >= 4 is 11.5 Å². The van der Waals surface area contributed by atoms with E-state index in [9.17, 15) is 0 Å². The molecular formula is C23H23N3O2. The van der Waals surface area contributed by atoms with Gasteiger partial charge in [0.25, 0.3) is 0 Å². The molecule has 2 aliphatic rings. The Bertz CT molecular complexity index is 970. The van der Waals surface area contributed by atoms with Gasteiger partial charge in [-0.05, 0) is 53.8 Å².